The highest BCUT2D eigenvalue weighted by Gasteiger charge is 2.53. The van der Waals surface area contributed by atoms with Crippen LogP contribution in [0.3, 0.4) is 0 Å². The first-order chi connectivity index (χ1) is 21.1. The van der Waals surface area contributed by atoms with E-state index in [1.165, 1.54) is 55.2 Å². The molecule has 1 aliphatic heterocycles. The Bertz CT molecular complexity index is 1340. The summed E-state index contributed by atoms with van der Waals surface area (Å²) < 4.78 is 26.2. The summed E-state index contributed by atoms with van der Waals surface area (Å²) in [5.41, 5.74) is 12.2. The van der Waals surface area contributed by atoms with Crippen molar-refractivity contribution in [3.05, 3.63) is 58.7 Å². The number of fused-ring (bicyclic) bond motifs is 1. The SMILES string of the molecule is CCOc1c(C(C[C@@H](O[Si](C)(C)C(C)(C)C)c2ccc3c(c2)COC(C)(C)O3)C(C)N)cccc1C12CC3CC(CC(C3)C1)C2. The first-order valence-corrected chi connectivity index (χ1v) is 20.7. The van der Waals surface area contributed by atoms with Crippen LogP contribution >= 0.6 is 0 Å². The molecule has 4 fully saturated rings. The summed E-state index contributed by atoms with van der Waals surface area (Å²) in [5, 5.41) is 0.0778. The van der Waals surface area contributed by atoms with Crippen molar-refractivity contribution >= 4 is 8.32 Å². The maximum absolute atomic E-state index is 7.31. The van der Waals surface area contributed by atoms with Gasteiger partial charge >= 0.3 is 0 Å². The maximum Gasteiger partial charge on any atom is 0.205 e. The lowest BCUT2D eigenvalue weighted by molar-refractivity contribution is -0.180. The van der Waals surface area contributed by atoms with Crippen LogP contribution in [0.5, 0.6) is 11.5 Å². The van der Waals surface area contributed by atoms with Crippen molar-refractivity contribution in [2.24, 2.45) is 23.5 Å². The molecule has 0 amide bonds. The predicted octanol–water partition coefficient (Wildman–Crippen LogP) is 9.78. The Morgan fingerprint density at radius 2 is 1.64 bits per heavy atom. The molecule has 0 radical (unpaired) electrons. The molecule has 2 aromatic carbocycles. The summed E-state index contributed by atoms with van der Waals surface area (Å²) in [5.74, 6) is 4.10. The zero-order chi connectivity index (χ0) is 32.4. The third-order valence-electron chi connectivity index (χ3n) is 12.1. The van der Waals surface area contributed by atoms with Gasteiger partial charge in [-0.1, -0.05) is 45.0 Å². The summed E-state index contributed by atoms with van der Waals surface area (Å²) in [6, 6.07) is 13.5. The minimum atomic E-state index is -2.13. The largest absolute Gasteiger partial charge is 0.493 e. The van der Waals surface area contributed by atoms with Crippen LogP contribution in [0.1, 0.15) is 128 Å². The molecule has 45 heavy (non-hydrogen) atoms. The second-order valence-electron chi connectivity index (χ2n) is 17.1. The molecule has 0 aromatic heterocycles. The van der Waals surface area contributed by atoms with Crippen LogP contribution in [-0.4, -0.2) is 26.8 Å². The number of benzene rings is 2. The van der Waals surface area contributed by atoms with Gasteiger partial charge in [0.2, 0.25) is 5.79 Å². The molecule has 7 rings (SSSR count). The molecule has 0 spiro atoms. The van der Waals surface area contributed by atoms with E-state index in [4.69, 9.17) is 24.4 Å². The lowest BCUT2D eigenvalue weighted by atomic mass is 9.48. The van der Waals surface area contributed by atoms with Crippen molar-refractivity contribution in [2.45, 2.75) is 147 Å². The molecule has 2 unspecified atom stereocenters. The number of rotatable bonds is 10. The van der Waals surface area contributed by atoms with Crippen molar-refractivity contribution in [1.29, 1.82) is 0 Å². The van der Waals surface area contributed by atoms with Crippen LogP contribution in [-0.2, 0) is 21.2 Å². The van der Waals surface area contributed by atoms with Gasteiger partial charge in [0.05, 0.1) is 19.3 Å². The van der Waals surface area contributed by atoms with E-state index in [1.54, 1.807) is 0 Å². The Labute approximate surface area is 274 Å². The zero-order valence-electron chi connectivity index (χ0n) is 29.5. The van der Waals surface area contributed by atoms with Crippen LogP contribution in [0.2, 0.25) is 18.1 Å². The second kappa shape index (κ2) is 12.0. The van der Waals surface area contributed by atoms with E-state index in [-0.39, 0.29) is 28.5 Å². The van der Waals surface area contributed by atoms with Gasteiger partial charge in [0.25, 0.3) is 0 Å². The highest BCUT2D eigenvalue weighted by Crippen LogP contribution is 2.62. The molecular weight excluding hydrogens is 575 g/mol. The van der Waals surface area contributed by atoms with Crippen LogP contribution < -0.4 is 15.2 Å². The molecule has 6 heteroatoms. The number of hydrogen-bond acceptors (Lipinski definition) is 5. The molecule has 2 N–H and O–H groups in total. The topological polar surface area (TPSA) is 62.9 Å². The highest BCUT2D eigenvalue weighted by molar-refractivity contribution is 6.74. The predicted molar refractivity (Wildman–Crippen MR) is 185 cm³/mol. The van der Waals surface area contributed by atoms with Crippen LogP contribution in [0.25, 0.3) is 0 Å². The van der Waals surface area contributed by atoms with Gasteiger partial charge in [-0.25, -0.2) is 0 Å². The summed E-state index contributed by atoms with van der Waals surface area (Å²) >= 11 is 0. The van der Waals surface area contributed by atoms with Crippen molar-refractivity contribution in [1.82, 2.24) is 0 Å². The molecule has 1 heterocycles. The molecule has 248 valence electrons. The third kappa shape index (κ3) is 6.51. The molecule has 4 saturated carbocycles. The average molecular weight is 634 g/mol. The van der Waals surface area contributed by atoms with Gasteiger partial charge in [-0.2, -0.15) is 0 Å². The Morgan fingerprint density at radius 3 is 2.22 bits per heavy atom. The molecule has 4 aliphatic carbocycles. The van der Waals surface area contributed by atoms with Gasteiger partial charge in [-0.05, 0) is 123 Å². The van der Waals surface area contributed by atoms with Gasteiger partial charge in [0.1, 0.15) is 11.5 Å². The summed E-state index contributed by atoms with van der Waals surface area (Å²) in [6.45, 7) is 21.1. The fraction of sp³-hybridized carbons (Fsp3) is 0.692. The summed E-state index contributed by atoms with van der Waals surface area (Å²) in [4.78, 5) is 0. The quantitative estimate of drug-likeness (QED) is 0.264. The molecule has 4 bridgehead atoms. The molecule has 2 aromatic rings. The van der Waals surface area contributed by atoms with Gasteiger partial charge in [0.15, 0.2) is 8.32 Å². The minimum Gasteiger partial charge on any atom is -0.493 e. The fourth-order valence-corrected chi connectivity index (χ4v) is 10.5. The molecule has 3 atom stereocenters. The molecule has 5 aliphatic rings. The molecule has 5 nitrogen and oxygen atoms in total. The van der Waals surface area contributed by atoms with Crippen LogP contribution in [0.4, 0.5) is 0 Å². The average Bonchev–Trinajstić information content (AvgIpc) is 2.93. The van der Waals surface area contributed by atoms with Crippen LogP contribution in [0, 0.1) is 17.8 Å². The van der Waals surface area contributed by atoms with E-state index in [2.05, 4.69) is 84.1 Å². The van der Waals surface area contributed by atoms with Crippen LogP contribution in [0.15, 0.2) is 36.4 Å². The smallest absolute Gasteiger partial charge is 0.205 e. The summed E-state index contributed by atoms with van der Waals surface area (Å²) in [7, 11) is -2.13. The lowest BCUT2D eigenvalue weighted by Gasteiger charge is -2.57. The Hall–Kier alpha value is -1.86. The number of nitrogens with two attached hydrogens (primary N) is 1. The van der Waals surface area contributed by atoms with E-state index in [1.807, 2.05) is 13.8 Å². The Morgan fingerprint density at radius 1 is 1.00 bits per heavy atom. The van der Waals surface area contributed by atoms with E-state index in [0.29, 0.717) is 13.2 Å². The minimum absolute atomic E-state index is 0.0635. The molecular formula is C39H59NO4Si. The standard InChI is InChI=1S/C39H59NO4Si/c1-10-41-36-31(12-11-13-33(36)39-21-26-16-27(22-39)18-28(17-26)23-39)32(25(2)40)20-35(44-45(8,9)37(3,4)5)29-14-15-34-30(19-29)24-42-38(6,7)43-34/h11-15,19,25-28,32,35H,10,16-18,20-24,40H2,1-9H3/t25?,26?,27?,28?,32?,35-,39?/m1/s1. The van der Waals surface area contributed by atoms with Crippen molar-refractivity contribution in [3.8, 4) is 11.5 Å². The number of ether oxygens (including phenoxy) is 3. The van der Waals surface area contributed by atoms with E-state index in [9.17, 15) is 0 Å². The van der Waals surface area contributed by atoms with Gasteiger partial charge in [0, 0.05) is 36.9 Å². The van der Waals surface area contributed by atoms with Gasteiger partial charge in [-0.15, -0.1) is 0 Å². The number of hydrogen-bond donors (Lipinski definition) is 1. The zero-order valence-corrected chi connectivity index (χ0v) is 30.5. The van der Waals surface area contributed by atoms with Crippen molar-refractivity contribution in [2.75, 3.05) is 6.61 Å². The monoisotopic (exact) mass is 633 g/mol. The second-order valence-corrected chi connectivity index (χ2v) is 21.8. The van der Waals surface area contributed by atoms with E-state index < -0.39 is 14.1 Å². The normalized spacial score (nSPS) is 29.1. The fourth-order valence-electron chi connectivity index (χ4n) is 9.21. The maximum atomic E-state index is 7.31. The third-order valence-corrected chi connectivity index (χ3v) is 16.6. The number of para-hydroxylation sites is 1. The highest BCUT2D eigenvalue weighted by atomic mass is 28.4. The van der Waals surface area contributed by atoms with Crippen molar-refractivity contribution in [3.63, 3.8) is 0 Å². The van der Waals surface area contributed by atoms with E-state index in [0.717, 1.165) is 41.2 Å². The van der Waals surface area contributed by atoms with Gasteiger partial charge < -0.3 is 24.4 Å². The van der Waals surface area contributed by atoms with Gasteiger partial charge in [-0.3, -0.25) is 0 Å². The first-order valence-electron chi connectivity index (χ1n) is 17.7. The van der Waals surface area contributed by atoms with E-state index >= 15 is 0 Å². The summed E-state index contributed by atoms with van der Waals surface area (Å²) in [6.07, 6.45) is 8.95. The lowest BCUT2D eigenvalue weighted by Crippen LogP contribution is -2.48. The first kappa shape index (κ1) is 33.1. The Kier molecular flexibility index (Phi) is 8.80. The molecule has 0 saturated heterocycles. The van der Waals surface area contributed by atoms with Crippen molar-refractivity contribution < 1.29 is 18.6 Å². The Balaban J connectivity index is 1.39.